The van der Waals surface area contributed by atoms with E-state index in [1.54, 1.807) is 6.20 Å². The van der Waals surface area contributed by atoms with Gasteiger partial charge in [-0.15, -0.1) is 0 Å². The maximum atomic E-state index is 12.3. The van der Waals surface area contributed by atoms with Crippen molar-refractivity contribution in [3.8, 4) is 16.9 Å². The van der Waals surface area contributed by atoms with Gasteiger partial charge in [0.15, 0.2) is 0 Å². The number of likely N-dealkylation sites (N-methyl/N-ethyl adjacent to an activating group) is 1. The number of nitrogens with zero attached hydrogens (tertiary/aromatic N) is 5. The molecule has 212 valence electrons. The van der Waals surface area contributed by atoms with Crippen molar-refractivity contribution in [2.75, 3.05) is 52.0 Å². The Morgan fingerprint density at radius 3 is 2.68 bits per heavy atom. The molecule has 8 heteroatoms. The van der Waals surface area contributed by atoms with E-state index >= 15 is 0 Å². The summed E-state index contributed by atoms with van der Waals surface area (Å²) in [6.07, 6.45) is 6.68. The van der Waals surface area contributed by atoms with Crippen LogP contribution in [0, 0.1) is 0 Å². The molecule has 1 saturated heterocycles. The SMILES string of the molecule is C=CC(=O)N(CCNC)CCN1CCC(c2ccc(-n3c(-c4cccnc4N)cc4ccc(C5CC5)nc43)cc2)C1. The first kappa shape index (κ1) is 27.2. The summed E-state index contributed by atoms with van der Waals surface area (Å²) in [6, 6.07) is 19.4. The molecule has 1 aliphatic carbocycles. The third kappa shape index (κ3) is 5.76. The van der Waals surface area contributed by atoms with Gasteiger partial charge in [0, 0.05) is 67.2 Å². The second kappa shape index (κ2) is 11.8. The van der Waals surface area contributed by atoms with Crippen LogP contribution in [0.15, 0.2) is 73.4 Å². The van der Waals surface area contributed by atoms with E-state index in [2.05, 4.69) is 68.8 Å². The van der Waals surface area contributed by atoms with E-state index in [0.717, 1.165) is 67.1 Å². The number of amides is 1. The van der Waals surface area contributed by atoms with Crippen LogP contribution in [0.2, 0.25) is 0 Å². The molecular weight excluding hydrogens is 510 g/mol. The molecule has 41 heavy (non-hydrogen) atoms. The molecule has 1 unspecified atom stereocenters. The molecule has 4 aromatic rings. The van der Waals surface area contributed by atoms with Crippen molar-refractivity contribution >= 4 is 22.8 Å². The largest absolute Gasteiger partial charge is 0.383 e. The minimum absolute atomic E-state index is 0.00438. The van der Waals surface area contributed by atoms with Crippen LogP contribution in [-0.4, -0.2) is 76.6 Å². The summed E-state index contributed by atoms with van der Waals surface area (Å²) >= 11 is 0. The van der Waals surface area contributed by atoms with Gasteiger partial charge >= 0.3 is 0 Å². The lowest BCUT2D eigenvalue weighted by atomic mass is 9.98. The van der Waals surface area contributed by atoms with Crippen molar-refractivity contribution < 1.29 is 4.79 Å². The Balaban J connectivity index is 1.23. The molecule has 0 radical (unpaired) electrons. The number of fused-ring (bicyclic) bond motifs is 1. The second-order valence-corrected chi connectivity index (χ2v) is 11.2. The Morgan fingerprint density at radius 2 is 1.95 bits per heavy atom. The van der Waals surface area contributed by atoms with Crippen molar-refractivity contribution in [3.63, 3.8) is 0 Å². The molecule has 1 atom stereocenters. The Kier molecular flexibility index (Phi) is 7.85. The molecule has 2 fully saturated rings. The summed E-state index contributed by atoms with van der Waals surface area (Å²) in [5.74, 6) is 1.56. The molecule has 8 nitrogen and oxygen atoms in total. The van der Waals surface area contributed by atoms with E-state index in [-0.39, 0.29) is 5.91 Å². The van der Waals surface area contributed by atoms with Gasteiger partial charge < -0.3 is 20.9 Å². The van der Waals surface area contributed by atoms with Crippen LogP contribution in [0.5, 0.6) is 0 Å². The number of anilines is 1. The normalized spacial score (nSPS) is 17.2. The molecule has 1 saturated carbocycles. The fraction of sp³-hybridized carbons (Fsp3) is 0.364. The number of nitrogens with two attached hydrogens (primary N) is 1. The number of hydrogen-bond donors (Lipinski definition) is 2. The summed E-state index contributed by atoms with van der Waals surface area (Å²) in [5, 5.41) is 4.23. The highest BCUT2D eigenvalue weighted by atomic mass is 16.2. The first-order valence-corrected chi connectivity index (χ1v) is 14.7. The number of hydrogen-bond acceptors (Lipinski definition) is 6. The lowest BCUT2D eigenvalue weighted by Crippen LogP contribution is -2.40. The van der Waals surface area contributed by atoms with Gasteiger partial charge in [-0.25, -0.2) is 9.97 Å². The molecule has 6 rings (SSSR count). The average Bonchev–Trinajstić information content (AvgIpc) is 3.63. The number of benzene rings is 1. The predicted octanol–water partition coefficient (Wildman–Crippen LogP) is 4.57. The molecule has 4 heterocycles. The van der Waals surface area contributed by atoms with Gasteiger partial charge in [-0.2, -0.15) is 0 Å². The van der Waals surface area contributed by atoms with Crippen LogP contribution in [-0.2, 0) is 4.79 Å². The number of carbonyl (C=O) groups excluding carboxylic acids is 1. The highest BCUT2D eigenvalue weighted by Gasteiger charge is 2.27. The highest BCUT2D eigenvalue weighted by molar-refractivity contribution is 5.89. The lowest BCUT2D eigenvalue weighted by Gasteiger charge is -2.24. The maximum Gasteiger partial charge on any atom is 0.246 e. The van der Waals surface area contributed by atoms with E-state index < -0.39 is 0 Å². The lowest BCUT2D eigenvalue weighted by molar-refractivity contribution is -0.126. The van der Waals surface area contributed by atoms with Gasteiger partial charge in [0.1, 0.15) is 11.5 Å². The third-order valence-corrected chi connectivity index (χ3v) is 8.48. The molecule has 1 amide bonds. The molecular formula is C33H39N7O. The van der Waals surface area contributed by atoms with Crippen LogP contribution >= 0.6 is 0 Å². The summed E-state index contributed by atoms with van der Waals surface area (Å²) in [7, 11) is 1.91. The molecule has 1 aliphatic heterocycles. The van der Waals surface area contributed by atoms with Gasteiger partial charge in [-0.3, -0.25) is 9.36 Å². The van der Waals surface area contributed by atoms with Crippen LogP contribution < -0.4 is 11.1 Å². The minimum Gasteiger partial charge on any atom is -0.383 e. The Labute approximate surface area is 241 Å². The summed E-state index contributed by atoms with van der Waals surface area (Å²) < 4.78 is 2.23. The zero-order chi connectivity index (χ0) is 28.3. The van der Waals surface area contributed by atoms with E-state index in [4.69, 9.17) is 10.7 Å². The van der Waals surface area contributed by atoms with Crippen molar-refractivity contribution in [1.29, 1.82) is 0 Å². The predicted molar refractivity (Wildman–Crippen MR) is 165 cm³/mol. The number of rotatable bonds is 11. The van der Waals surface area contributed by atoms with Crippen LogP contribution in [0.25, 0.3) is 28.0 Å². The number of nitrogens with one attached hydrogen (secondary N) is 1. The first-order valence-electron chi connectivity index (χ1n) is 14.7. The molecule has 2 aliphatic rings. The summed E-state index contributed by atoms with van der Waals surface area (Å²) in [5.41, 5.74) is 12.8. The summed E-state index contributed by atoms with van der Waals surface area (Å²) in [4.78, 5) is 26.1. The number of aromatic nitrogens is 3. The van der Waals surface area contributed by atoms with E-state index in [1.807, 2.05) is 24.1 Å². The Bertz CT molecular complexity index is 1540. The molecule has 1 aromatic carbocycles. The number of pyridine rings is 2. The topological polar surface area (TPSA) is 92.3 Å². The van der Waals surface area contributed by atoms with E-state index in [9.17, 15) is 4.79 Å². The molecule has 0 spiro atoms. The highest BCUT2D eigenvalue weighted by Crippen LogP contribution is 2.41. The van der Waals surface area contributed by atoms with Crippen molar-refractivity contribution in [2.45, 2.75) is 31.1 Å². The Morgan fingerprint density at radius 1 is 1.12 bits per heavy atom. The maximum absolute atomic E-state index is 12.3. The van der Waals surface area contributed by atoms with Crippen molar-refractivity contribution in [1.82, 2.24) is 29.7 Å². The minimum atomic E-state index is -0.00438. The van der Waals surface area contributed by atoms with Gasteiger partial charge in [0.05, 0.1) is 5.69 Å². The molecule has 3 aromatic heterocycles. The van der Waals surface area contributed by atoms with Gasteiger partial charge in [-0.05, 0) is 92.9 Å². The first-order chi connectivity index (χ1) is 20.1. The standard InChI is InChI=1S/C33H39N7O/c1-3-31(41)39(18-16-35-2)20-19-38-17-14-26(22-38)23-8-11-27(12-9-23)40-30(28-5-4-15-36-32(28)34)21-25-10-13-29(24-6-7-24)37-33(25)40/h3-5,8-13,15,21,24,26,35H,1,6-7,14,16-20,22H2,2H3,(H2,34,36). The average molecular weight is 550 g/mol. The van der Waals surface area contributed by atoms with Crippen LogP contribution in [0.3, 0.4) is 0 Å². The smallest absolute Gasteiger partial charge is 0.246 e. The number of likely N-dealkylation sites (tertiary alicyclic amines) is 1. The fourth-order valence-electron chi connectivity index (χ4n) is 5.97. The van der Waals surface area contributed by atoms with Gasteiger partial charge in [-0.1, -0.05) is 18.7 Å². The van der Waals surface area contributed by atoms with Crippen molar-refractivity contribution in [2.24, 2.45) is 0 Å². The Hall–Kier alpha value is -4.01. The van der Waals surface area contributed by atoms with Crippen molar-refractivity contribution in [3.05, 3.63) is 84.7 Å². The molecule has 0 bridgehead atoms. The third-order valence-electron chi connectivity index (χ3n) is 8.48. The number of carbonyl (C=O) groups is 1. The quantitative estimate of drug-likeness (QED) is 0.266. The van der Waals surface area contributed by atoms with Crippen LogP contribution in [0.4, 0.5) is 5.82 Å². The van der Waals surface area contributed by atoms with Crippen LogP contribution in [0.1, 0.15) is 42.4 Å². The number of nitrogen functional groups attached to an aromatic ring is 1. The summed E-state index contributed by atoms with van der Waals surface area (Å²) in [6.45, 7) is 8.76. The zero-order valence-corrected chi connectivity index (χ0v) is 23.8. The second-order valence-electron chi connectivity index (χ2n) is 11.2. The van der Waals surface area contributed by atoms with E-state index in [1.165, 1.54) is 30.2 Å². The monoisotopic (exact) mass is 549 g/mol. The van der Waals surface area contributed by atoms with E-state index in [0.29, 0.717) is 24.2 Å². The molecule has 3 N–H and O–H groups in total. The zero-order valence-electron chi connectivity index (χ0n) is 23.8. The van der Waals surface area contributed by atoms with Gasteiger partial charge in [0.25, 0.3) is 0 Å². The fourth-order valence-corrected chi connectivity index (χ4v) is 5.97. The van der Waals surface area contributed by atoms with Gasteiger partial charge in [0.2, 0.25) is 5.91 Å².